The highest BCUT2D eigenvalue weighted by Crippen LogP contribution is 2.31. The smallest absolute Gasteiger partial charge is 0.223 e. The Bertz CT molecular complexity index is 568. The largest absolute Gasteiger partial charge is 0.377 e. The normalized spacial score (nSPS) is 19.0. The number of amides is 1. The second-order valence-electron chi connectivity index (χ2n) is 7.47. The Balaban J connectivity index is 2.19. The van der Waals surface area contributed by atoms with Crippen LogP contribution in [-0.2, 0) is 9.53 Å². The van der Waals surface area contributed by atoms with Gasteiger partial charge in [-0.05, 0) is 49.8 Å². The van der Waals surface area contributed by atoms with E-state index in [-0.39, 0.29) is 23.2 Å². The molecule has 0 spiro atoms. The van der Waals surface area contributed by atoms with Gasteiger partial charge < -0.3 is 9.64 Å². The van der Waals surface area contributed by atoms with Gasteiger partial charge in [-0.1, -0.05) is 26.0 Å². The maximum Gasteiger partial charge on any atom is 0.223 e. The van der Waals surface area contributed by atoms with Crippen molar-refractivity contribution in [3.8, 4) is 0 Å². The van der Waals surface area contributed by atoms with Crippen molar-refractivity contribution in [2.45, 2.75) is 52.5 Å². The third-order valence-corrected chi connectivity index (χ3v) is 4.76. The minimum Gasteiger partial charge on any atom is -0.377 e. The van der Waals surface area contributed by atoms with Gasteiger partial charge in [-0.25, -0.2) is 4.39 Å². The molecule has 0 bridgehead atoms. The van der Waals surface area contributed by atoms with Crippen LogP contribution in [0.1, 0.15) is 51.2 Å². The molecule has 1 aromatic carbocycles. The number of carbonyl (C=O) groups excluding carboxylic acids is 1. The van der Waals surface area contributed by atoms with Crippen molar-refractivity contribution in [3.05, 3.63) is 35.1 Å². The maximum absolute atomic E-state index is 13.5. The van der Waals surface area contributed by atoms with Crippen LogP contribution in [0.4, 0.5) is 4.39 Å². The molecule has 0 aromatic heterocycles. The van der Waals surface area contributed by atoms with Crippen molar-refractivity contribution in [3.63, 3.8) is 0 Å². The first-order chi connectivity index (χ1) is 10.7. The van der Waals surface area contributed by atoms with Crippen molar-refractivity contribution < 1.29 is 13.9 Å². The molecule has 4 heteroatoms. The lowest BCUT2D eigenvalue weighted by Crippen LogP contribution is -2.55. The lowest BCUT2D eigenvalue weighted by Gasteiger charge is -2.43. The number of ether oxygens (including phenoxy) is 1. The highest BCUT2D eigenvalue weighted by molar-refractivity contribution is 5.78. The fourth-order valence-electron chi connectivity index (χ4n) is 3.26. The number of benzene rings is 1. The summed E-state index contributed by atoms with van der Waals surface area (Å²) >= 11 is 0. The zero-order chi connectivity index (χ0) is 17.2. The van der Waals surface area contributed by atoms with Crippen molar-refractivity contribution in [2.24, 2.45) is 5.92 Å². The summed E-state index contributed by atoms with van der Waals surface area (Å²) in [6, 6.07) is 5.19. The molecule has 3 nitrogen and oxygen atoms in total. The molecule has 1 atom stereocenters. The molecule has 128 valence electrons. The van der Waals surface area contributed by atoms with E-state index in [1.807, 2.05) is 30.9 Å². The molecule has 1 saturated heterocycles. The highest BCUT2D eigenvalue weighted by Gasteiger charge is 2.35. The predicted octanol–water partition coefficient (Wildman–Crippen LogP) is 3.90. The van der Waals surface area contributed by atoms with Crippen molar-refractivity contribution in [1.29, 1.82) is 0 Å². The van der Waals surface area contributed by atoms with Gasteiger partial charge in [-0.2, -0.15) is 0 Å². The van der Waals surface area contributed by atoms with Crippen LogP contribution in [-0.4, -0.2) is 36.1 Å². The van der Waals surface area contributed by atoms with Crippen LogP contribution in [0.2, 0.25) is 0 Å². The number of rotatable bonds is 4. The maximum atomic E-state index is 13.5. The molecule has 0 saturated carbocycles. The van der Waals surface area contributed by atoms with Crippen molar-refractivity contribution in [1.82, 2.24) is 4.90 Å². The van der Waals surface area contributed by atoms with Gasteiger partial charge >= 0.3 is 0 Å². The topological polar surface area (TPSA) is 29.5 Å². The minimum absolute atomic E-state index is 0.0976. The third-order valence-electron chi connectivity index (χ3n) is 4.76. The van der Waals surface area contributed by atoms with Crippen molar-refractivity contribution in [2.75, 3.05) is 19.8 Å². The standard InChI is InChI=1S/C19H28FNO2/c1-13(2)16(15-6-7-17(20)14(3)10-15)11-18(22)21-8-9-23-12-19(21,4)5/h6-7,10,13,16H,8-9,11-12H2,1-5H3. The van der Waals surface area contributed by atoms with E-state index in [1.54, 1.807) is 6.92 Å². The number of hydrogen-bond acceptors (Lipinski definition) is 2. The molecule has 0 radical (unpaired) electrons. The molecular weight excluding hydrogens is 293 g/mol. The summed E-state index contributed by atoms with van der Waals surface area (Å²) in [4.78, 5) is 14.8. The van der Waals surface area contributed by atoms with E-state index in [9.17, 15) is 9.18 Å². The molecule has 0 aliphatic carbocycles. The van der Waals surface area contributed by atoms with Gasteiger partial charge in [0.25, 0.3) is 0 Å². The SMILES string of the molecule is Cc1cc(C(CC(=O)N2CCOCC2(C)C)C(C)C)ccc1F. The molecule has 1 aliphatic rings. The van der Waals surface area contributed by atoms with E-state index in [4.69, 9.17) is 4.74 Å². The first-order valence-corrected chi connectivity index (χ1v) is 8.36. The van der Waals surface area contributed by atoms with E-state index < -0.39 is 0 Å². The third kappa shape index (κ3) is 4.11. The van der Waals surface area contributed by atoms with Gasteiger partial charge in [-0.15, -0.1) is 0 Å². The van der Waals surface area contributed by atoms with Gasteiger partial charge in [0, 0.05) is 13.0 Å². The molecule has 2 rings (SSSR count). The van der Waals surface area contributed by atoms with Gasteiger partial charge in [0.2, 0.25) is 5.91 Å². The van der Waals surface area contributed by atoms with Crippen LogP contribution >= 0.6 is 0 Å². The van der Waals surface area contributed by atoms with Crippen molar-refractivity contribution >= 4 is 5.91 Å². The van der Waals surface area contributed by atoms with Gasteiger partial charge in [0.1, 0.15) is 5.82 Å². The Morgan fingerprint density at radius 3 is 2.65 bits per heavy atom. The average Bonchev–Trinajstić information content (AvgIpc) is 2.46. The number of morpholine rings is 1. The molecule has 0 N–H and O–H groups in total. The first kappa shape index (κ1) is 17.9. The quantitative estimate of drug-likeness (QED) is 0.842. The van der Waals surface area contributed by atoms with E-state index in [0.29, 0.717) is 37.7 Å². The zero-order valence-corrected chi connectivity index (χ0v) is 14.9. The Morgan fingerprint density at radius 1 is 1.39 bits per heavy atom. The second-order valence-corrected chi connectivity index (χ2v) is 7.47. The van der Waals surface area contributed by atoms with Gasteiger partial charge in [-0.3, -0.25) is 4.79 Å². The summed E-state index contributed by atoms with van der Waals surface area (Å²) < 4.78 is 19.0. The van der Waals surface area contributed by atoms with Crippen LogP contribution < -0.4 is 0 Å². The van der Waals surface area contributed by atoms with Crippen LogP contribution in [0.3, 0.4) is 0 Å². The van der Waals surface area contributed by atoms with E-state index in [0.717, 1.165) is 5.56 Å². The van der Waals surface area contributed by atoms with Gasteiger partial charge in [0.05, 0.1) is 18.8 Å². The lowest BCUT2D eigenvalue weighted by molar-refractivity contribution is -0.146. The summed E-state index contributed by atoms with van der Waals surface area (Å²) in [5.74, 6) is 0.365. The molecule has 1 fully saturated rings. The number of halogens is 1. The summed E-state index contributed by atoms with van der Waals surface area (Å²) in [5.41, 5.74) is 1.40. The fraction of sp³-hybridized carbons (Fsp3) is 0.632. The number of nitrogens with zero attached hydrogens (tertiary/aromatic N) is 1. The Kier molecular flexibility index (Phi) is 5.45. The Morgan fingerprint density at radius 2 is 2.09 bits per heavy atom. The second kappa shape index (κ2) is 7.00. The Hall–Kier alpha value is -1.42. The van der Waals surface area contributed by atoms with Crippen LogP contribution in [0.15, 0.2) is 18.2 Å². The molecule has 1 unspecified atom stereocenters. The summed E-state index contributed by atoms with van der Waals surface area (Å²) in [6.45, 7) is 11.9. The molecule has 1 aliphatic heterocycles. The average molecular weight is 321 g/mol. The van der Waals surface area contributed by atoms with Crippen LogP contribution in [0, 0.1) is 18.7 Å². The molecular formula is C19H28FNO2. The highest BCUT2D eigenvalue weighted by atomic mass is 19.1. The Labute approximate surface area is 138 Å². The first-order valence-electron chi connectivity index (χ1n) is 8.36. The van der Waals surface area contributed by atoms with E-state index in [1.165, 1.54) is 6.07 Å². The molecule has 1 aromatic rings. The fourth-order valence-corrected chi connectivity index (χ4v) is 3.26. The number of aryl methyl sites for hydroxylation is 1. The van der Waals surface area contributed by atoms with Crippen LogP contribution in [0.25, 0.3) is 0 Å². The minimum atomic E-state index is -0.268. The predicted molar refractivity (Wildman–Crippen MR) is 89.9 cm³/mol. The van der Waals surface area contributed by atoms with E-state index in [2.05, 4.69) is 13.8 Å². The summed E-state index contributed by atoms with van der Waals surface area (Å²) in [5, 5.41) is 0. The number of hydrogen-bond donors (Lipinski definition) is 0. The monoisotopic (exact) mass is 321 g/mol. The zero-order valence-electron chi connectivity index (χ0n) is 14.9. The molecule has 23 heavy (non-hydrogen) atoms. The van der Waals surface area contributed by atoms with Crippen LogP contribution in [0.5, 0.6) is 0 Å². The van der Waals surface area contributed by atoms with Gasteiger partial charge in [0.15, 0.2) is 0 Å². The lowest BCUT2D eigenvalue weighted by atomic mass is 9.84. The number of carbonyl (C=O) groups is 1. The molecule has 1 heterocycles. The summed E-state index contributed by atoms with van der Waals surface area (Å²) in [7, 11) is 0. The van der Waals surface area contributed by atoms with E-state index >= 15 is 0 Å². The molecule has 1 amide bonds. The summed E-state index contributed by atoms with van der Waals surface area (Å²) in [6.07, 6.45) is 0.451.